The summed E-state index contributed by atoms with van der Waals surface area (Å²) in [7, 11) is 1.64. The van der Waals surface area contributed by atoms with Gasteiger partial charge in [-0.05, 0) is 19.3 Å². The van der Waals surface area contributed by atoms with Crippen molar-refractivity contribution in [2.45, 2.75) is 25.7 Å². The van der Waals surface area contributed by atoms with Crippen molar-refractivity contribution in [3.05, 3.63) is 0 Å². The van der Waals surface area contributed by atoms with Crippen molar-refractivity contribution < 1.29 is 14.3 Å². The van der Waals surface area contributed by atoms with Crippen LogP contribution in [0.2, 0.25) is 0 Å². The van der Waals surface area contributed by atoms with Gasteiger partial charge in [0.05, 0.1) is 13.2 Å². The first-order chi connectivity index (χ1) is 7.81. The number of methoxy groups -OCH3 is 1. The lowest BCUT2D eigenvalue weighted by atomic mass is 10.2. The lowest BCUT2D eigenvalue weighted by Gasteiger charge is -2.05. The van der Waals surface area contributed by atoms with E-state index in [4.69, 9.17) is 21.1 Å². The zero-order valence-corrected chi connectivity index (χ0v) is 10.7. The molecule has 0 aliphatic carbocycles. The number of ether oxygens (including phenoxy) is 2. The average Bonchev–Trinajstić information content (AvgIpc) is 2.28. The van der Waals surface area contributed by atoms with Crippen molar-refractivity contribution in [1.29, 1.82) is 0 Å². The first-order valence-corrected chi connectivity index (χ1v) is 6.24. The van der Waals surface area contributed by atoms with Crippen molar-refractivity contribution >= 4 is 17.5 Å². The van der Waals surface area contributed by atoms with Crippen LogP contribution in [0.15, 0.2) is 0 Å². The summed E-state index contributed by atoms with van der Waals surface area (Å²) in [4.78, 5) is 11.2. The van der Waals surface area contributed by atoms with E-state index in [-0.39, 0.29) is 5.91 Å². The molecule has 0 aromatic rings. The standard InChI is InChI=1S/C11H22ClNO3/c1-15-9-10-16-8-4-7-13-11(14)5-2-3-6-12/h2-10H2,1H3,(H,13,14). The molecule has 1 amide bonds. The monoisotopic (exact) mass is 251 g/mol. The van der Waals surface area contributed by atoms with Crippen LogP contribution in [0.4, 0.5) is 0 Å². The SMILES string of the molecule is COCCOCCCNC(=O)CCCCCl. The molecular weight excluding hydrogens is 230 g/mol. The molecule has 0 aromatic carbocycles. The fourth-order valence-electron chi connectivity index (χ4n) is 1.11. The Bertz CT molecular complexity index is 167. The summed E-state index contributed by atoms with van der Waals surface area (Å²) >= 11 is 5.51. The molecule has 0 bridgehead atoms. The largest absolute Gasteiger partial charge is 0.382 e. The summed E-state index contributed by atoms with van der Waals surface area (Å²) in [6.07, 6.45) is 3.16. The van der Waals surface area contributed by atoms with E-state index in [2.05, 4.69) is 5.32 Å². The lowest BCUT2D eigenvalue weighted by Crippen LogP contribution is -2.25. The predicted octanol–water partition coefficient (Wildman–Crippen LogP) is 1.56. The Morgan fingerprint density at radius 3 is 2.69 bits per heavy atom. The Morgan fingerprint density at radius 1 is 1.19 bits per heavy atom. The molecule has 0 heterocycles. The van der Waals surface area contributed by atoms with Crippen molar-refractivity contribution in [3.63, 3.8) is 0 Å². The van der Waals surface area contributed by atoms with E-state index in [9.17, 15) is 4.79 Å². The van der Waals surface area contributed by atoms with Crippen molar-refractivity contribution in [1.82, 2.24) is 5.32 Å². The van der Waals surface area contributed by atoms with Crippen LogP contribution in [0.5, 0.6) is 0 Å². The number of unbranched alkanes of at least 4 members (excludes halogenated alkanes) is 1. The van der Waals surface area contributed by atoms with Crippen LogP contribution < -0.4 is 5.32 Å². The fraction of sp³-hybridized carbons (Fsp3) is 0.909. The van der Waals surface area contributed by atoms with E-state index >= 15 is 0 Å². The van der Waals surface area contributed by atoms with Crippen molar-refractivity contribution in [2.75, 3.05) is 39.4 Å². The molecule has 0 fully saturated rings. The van der Waals surface area contributed by atoms with Gasteiger partial charge >= 0.3 is 0 Å². The van der Waals surface area contributed by atoms with E-state index in [0.717, 1.165) is 19.3 Å². The molecule has 0 rings (SSSR count). The third-order valence-electron chi connectivity index (χ3n) is 2.01. The van der Waals surface area contributed by atoms with Gasteiger partial charge in [-0.25, -0.2) is 0 Å². The molecule has 0 aliphatic heterocycles. The van der Waals surface area contributed by atoms with Gasteiger partial charge in [0.2, 0.25) is 5.91 Å². The first kappa shape index (κ1) is 15.7. The van der Waals surface area contributed by atoms with Gasteiger partial charge in [0.15, 0.2) is 0 Å². The minimum atomic E-state index is 0.0991. The Hall–Kier alpha value is -0.320. The highest BCUT2D eigenvalue weighted by Crippen LogP contribution is 1.96. The lowest BCUT2D eigenvalue weighted by molar-refractivity contribution is -0.121. The smallest absolute Gasteiger partial charge is 0.219 e. The Kier molecular flexibility index (Phi) is 12.5. The summed E-state index contributed by atoms with van der Waals surface area (Å²) < 4.78 is 10.1. The second-order valence-electron chi connectivity index (χ2n) is 3.45. The molecule has 4 nitrogen and oxygen atoms in total. The summed E-state index contributed by atoms with van der Waals surface area (Å²) in [5, 5.41) is 2.84. The van der Waals surface area contributed by atoms with Crippen LogP contribution in [-0.2, 0) is 14.3 Å². The maximum Gasteiger partial charge on any atom is 0.219 e. The molecule has 0 radical (unpaired) electrons. The van der Waals surface area contributed by atoms with Crippen LogP contribution in [0.1, 0.15) is 25.7 Å². The summed E-state index contributed by atoms with van der Waals surface area (Å²) in [5.74, 6) is 0.725. The molecule has 0 aromatic heterocycles. The predicted molar refractivity (Wildman–Crippen MR) is 64.9 cm³/mol. The molecular formula is C11H22ClNO3. The first-order valence-electron chi connectivity index (χ1n) is 5.70. The number of hydrogen-bond donors (Lipinski definition) is 1. The normalized spacial score (nSPS) is 10.4. The number of hydrogen-bond acceptors (Lipinski definition) is 3. The molecule has 16 heavy (non-hydrogen) atoms. The summed E-state index contributed by atoms with van der Waals surface area (Å²) in [6.45, 7) is 2.56. The van der Waals surface area contributed by atoms with Crippen LogP contribution >= 0.6 is 11.6 Å². The average molecular weight is 252 g/mol. The highest BCUT2D eigenvalue weighted by Gasteiger charge is 1.99. The van der Waals surface area contributed by atoms with E-state index in [1.54, 1.807) is 7.11 Å². The van der Waals surface area contributed by atoms with Gasteiger partial charge in [-0.2, -0.15) is 0 Å². The van der Waals surface area contributed by atoms with Gasteiger partial charge in [-0.15, -0.1) is 11.6 Å². The van der Waals surface area contributed by atoms with Gasteiger partial charge in [0.1, 0.15) is 0 Å². The zero-order valence-electron chi connectivity index (χ0n) is 9.97. The topological polar surface area (TPSA) is 47.6 Å². The molecule has 0 atom stereocenters. The summed E-state index contributed by atoms with van der Waals surface area (Å²) in [6, 6.07) is 0. The second kappa shape index (κ2) is 12.7. The number of nitrogens with one attached hydrogen (secondary N) is 1. The van der Waals surface area contributed by atoms with Gasteiger partial charge in [0.25, 0.3) is 0 Å². The van der Waals surface area contributed by atoms with Gasteiger partial charge in [-0.1, -0.05) is 0 Å². The number of amides is 1. The Labute approximate surface area is 103 Å². The summed E-state index contributed by atoms with van der Waals surface area (Å²) in [5.41, 5.74) is 0. The van der Waals surface area contributed by atoms with Gasteiger partial charge in [-0.3, -0.25) is 4.79 Å². The number of alkyl halides is 1. The second-order valence-corrected chi connectivity index (χ2v) is 3.83. The van der Waals surface area contributed by atoms with Crippen LogP contribution in [-0.4, -0.2) is 45.3 Å². The quantitative estimate of drug-likeness (QED) is 0.448. The minimum Gasteiger partial charge on any atom is -0.382 e. The molecule has 0 saturated heterocycles. The number of carbonyl (C=O) groups excluding carboxylic acids is 1. The molecule has 0 spiro atoms. The molecule has 96 valence electrons. The van der Waals surface area contributed by atoms with E-state index in [1.165, 1.54) is 0 Å². The Balaban J connectivity index is 3.09. The maximum atomic E-state index is 11.2. The van der Waals surface area contributed by atoms with E-state index in [1.807, 2.05) is 0 Å². The molecule has 1 N–H and O–H groups in total. The van der Waals surface area contributed by atoms with Crippen LogP contribution in [0, 0.1) is 0 Å². The third kappa shape index (κ3) is 11.8. The molecule has 0 unspecified atom stereocenters. The van der Waals surface area contributed by atoms with E-state index < -0.39 is 0 Å². The number of rotatable bonds is 11. The Morgan fingerprint density at radius 2 is 2.00 bits per heavy atom. The maximum absolute atomic E-state index is 11.2. The molecule has 0 saturated carbocycles. The van der Waals surface area contributed by atoms with Crippen LogP contribution in [0.3, 0.4) is 0 Å². The van der Waals surface area contributed by atoms with Crippen molar-refractivity contribution in [2.24, 2.45) is 0 Å². The highest BCUT2D eigenvalue weighted by atomic mass is 35.5. The van der Waals surface area contributed by atoms with Gasteiger partial charge < -0.3 is 14.8 Å². The third-order valence-corrected chi connectivity index (χ3v) is 2.27. The molecule has 0 aliphatic rings. The fourth-order valence-corrected chi connectivity index (χ4v) is 1.30. The zero-order chi connectivity index (χ0) is 12.1. The minimum absolute atomic E-state index is 0.0991. The van der Waals surface area contributed by atoms with Gasteiger partial charge in [0, 0.05) is 32.6 Å². The molecule has 5 heteroatoms. The highest BCUT2D eigenvalue weighted by molar-refractivity contribution is 6.17. The van der Waals surface area contributed by atoms with E-state index in [0.29, 0.717) is 38.7 Å². The number of halogens is 1. The van der Waals surface area contributed by atoms with Crippen molar-refractivity contribution in [3.8, 4) is 0 Å². The van der Waals surface area contributed by atoms with Crippen LogP contribution in [0.25, 0.3) is 0 Å². The number of carbonyl (C=O) groups is 1.